The second-order valence-electron chi connectivity index (χ2n) is 5.84. The van der Waals surface area contributed by atoms with Crippen molar-refractivity contribution < 1.29 is 9.59 Å². The molecule has 0 saturated carbocycles. The largest absolute Gasteiger partial charge is 0.339 e. The minimum atomic E-state index is -0.532. The highest BCUT2D eigenvalue weighted by Crippen LogP contribution is 2.15. The molecular weight excluding hydrogens is 266 g/mol. The Morgan fingerprint density at radius 2 is 1.71 bits per heavy atom. The van der Waals surface area contributed by atoms with Gasteiger partial charge in [0.2, 0.25) is 5.91 Å². The van der Waals surface area contributed by atoms with E-state index in [1.165, 1.54) is 0 Å². The molecule has 0 radical (unpaired) electrons. The van der Waals surface area contributed by atoms with Crippen LogP contribution < -0.4 is 11.1 Å². The minimum Gasteiger partial charge on any atom is -0.339 e. The number of carbonyl (C=O) groups is 2. The average Bonchev–Trinajstić information content (AvgIpc) is 3.00. The van der Waals surface area contributed by atoms with Gasteiger partial charge in [0.15, 0.2) is 0 Å². The van der Waals surface area contributed by atoms with Crippen LogP contribution in [0.4, 0.5) is 5.69 Å². The molecule has 0 bridgehead atoms. The molecule has 114 valence electrons. The molecule has 1 fully saturated rings. The van der Waals surface area contributed by atoms with Gasteiger partial charge in [-0.2, -0.15) is 0 Å². The first-order chi connectivity index (χ1) is 9.99. The zero-order valence-corrected chi connectivity index (χ0v) is 12.6. The summed E-state index contributed by atoms with van der Waals surface area (Å²) in [6, 6.07) is 6.45. The van der Waals surface area contributed by atoms with Crippen LogP contribution in [-0.4, -0.2) is 35.8 Å². The van der Waals surface area contributed by atoms with E-state index in [1.54, 1.807) is 24.3 Å². The standard InChI is InChI=1S/C16H23N3O2/c1-11(2)14(17)15(20)18-13-7-5-12(6-8-13)16(21)19-9-3-4-10-19/h5-8,11,14H,3-4,9-10,17H2,1-2H3,(H,18,20). The molecule has 1 atom stereocenters. The van der Waals surface area contributed by atoms with Crippen molar-refractivity contribution in [3.8, 4) is 0 Å². The van der Waals surface area contributed by atoms with Crippen molar-refractivity contribution in [3.63, 3.8) is 0 Å². The fourth-order valence-corrected chi connectivity index (χ4v) is 2.33. The van der Waals surface area contributed by atoms with Crippen LogP contribution in [0.25, 0.3) is 0 Å². The molecular formula is C16H23N3O2. The Labute approximate surface area is 125 Å². The fraction of sp³-hybridized carbons (Fsp3) is 0.500. The number of hydrogen-bond acceptors (Lipinski definition) is 3. The van der Waals surface area contributed by atoms with Gasteiger partial charge in [-0.3, -0.25) is 9.59 Å². The van der Waals surface area contributed by atoms with Gasteiger partial charge in [-0.15, -0.1) is 0 Å². The Balaban J connectivity index is 1.98. The number of anilines is 1. The second kappa shape index (κ2) is 6.72. The number of amides is 2. The lowest BCUT2D eigenvalue weighted by Gasteiger charge is -2.17. The summed E-state index contributed by atoms with van der Waals surface area (Å²) in [6.45, 7) is 5.48. The smallest absolute Gasteiger partial charge is 0.253 e. The number of rotatable bonds is 4. The van der Waals surface area contributed by atoms with Gasteiger partial charge in [-0.25, -0.2) is 0 Å². The predicted molar refractivity (Wildman–Crippen MR) is 83.0 cm³/mol. The first-order valence-corrected chi connectivity index (χ1v) is 7.45. The van der Waals surface area contributed by atoms with Crippen LogP contribution in [0.3, 0.4) is 0 Å². The van der Waals surface area contributed by atoms with E-state index in [0.717, 1.165) is 25.9 Å². The third-order valence-electron chi connectivity index (χ3n) is 3.81. The van der Waals surface area contributed by atoms with Gasteiger partial charge in [0.05, 0.1) is 6.04 Å². The number of benzene rings is 1. The molecule has 0 aromatic heterocycles. The van der Waals surface area contributed by atoms with Crippen LogP contribution >= 0.6 is 0 Å². The maximum Gasteiger partial charge on any atom is 0.253 e. The van der Waals surface area contributed by atoms with Crippen LogP contribution in [-0.2, 0) is 4.79 Å². The molecule has 5 heteroatoms. The van der Waals surface area contributed by atoms with Crippen LogP contribution in [0.1, 0.15) is 37.0 Å². The van der Waals surface area contributed by atoms with Gasteiger partial charge in [0.25, 0.3) is 5.91 Å². The summed E-state index contributed by atoms with van der Waals surface area (Å²) < 4.78 is 0. The molecule has 2 rings (SSSR count). The molecule has 0 spiro atoms. The number of carbonyl (C=O) groups excluding carboxylic acids is 2. The Kier molecular flexibility index (Phi) is 4.96. The van der Waals surface area contributed by atoms with E-state index in [9.17, 15) is 9.59 Å². The molecule has 1 aliphatic rings. The van der Waals surface area contributed by atoms with Crippen molar-refractivity contribution >= 4 is 17.5 Å². The monoisotopic (exact) mass is 289 g/mol. The van der Waals surface area contributed by atoms with Crippen LogP contribution in [0, 0.1) is 5.92 Å². The summed E-state index contributed by atoms with van der Waals surface area (Å²) in [6.07, 6.45) is 2.15. The second-order valence-corrected chi connectivity index (χ2v) is 5.84. The summed E-state index contributed by atoms with van der Waals surface area (Å²) in [5.74, 6) is -0.0612. The van der Waals surface area contributed by atoms with Crippen molar-refractivity contribution in [2.75, 3.05) is 18.4 Å². The van der Waals surface area contributed by atoms with Crippen molar-refractivity contribution in [3.05, 3.63) is 29.8 Å². The van der Waals surface area contributed by atoms with E-state index in [1.807, 2.05) is 18.7 Å². The molecule has 2 amide bonds. The lowest BCUT2D eigenvalue weighted by atomic mass is 10.0. The van der Waals surface area contributed by atoms with Gasteiger partial charge in [-0.05, 0) is 43.0 Å². The fourth-order valence-electron chi connectivity index (χ4n) is 2.33. The number of nitrogens with two attached hydrogens (primary N) is 1. The third kappa shape index (κ3) is 3.82. The maximum absolute atomic E-state index is 12.2. The summed E-state index contributed by atoms with van der Waals surface area (Å²) in [5, 5.41) is 2.77. The summed E-state index contributed by atoms with van der Waals surface area (Å²) in [5.41, 5.74) is 7.11. The molecule has 3 N–H and O–H groups in total. The van der Waals surface area contributed by atoms with E-state index in [-0.39, 0.29) is 17.7 Å². The molecule has 1 saturated heterocycles. The zero-order chi connectivity index (χ0) is 15.4. The van der Waals surface area contributed by atoms with E-state index in [0.29, 0.717) is 11.3 Å². The average molecular weight is 289 g/mol. The van der Waals surface area contributed by atoms with Crippen LogP contribution in [0.2, 0.25) is 0 Å². The minimum absolute atomic E-state index is 0.0595. The van der Waals surface area contributed by atoms with Crippen LogP contribution in [0.5, 0.6) is 0 Å². The Morgan fingerprint density at radius 1 is 1.14 bits per heavy atom. The quantitative estimate of drug-likeness (QED) is 0.888. The van der Waals surface area contributed by atoms with Crippen molar-refractivity contribution in [1.82, 2.24) is 4.90 Å². The third-order valence-corrected chi connectivity index (χ3v) is 3.81. The summed E-state index contributed by atoms with van der Waals surface area (Å²) in [4.78, 5) is 25.9. The molecule has 21 heavy (non-hydrogen) atoms. The lowest BCUT2D eigenvalue weighted by Crippen LogP contribution is -2.39. The van der Waals surface area contributed by atoms with E-state index in [2.05, 4.69) is 5.32 Å². The molecule has 0 aliphatic carbocycles. The highest BCUT2D eigenvalue weighted by molar-refractivity contribution is 5.97. The molecule has 1 aliphatic heterocycles. The van der Waals surface area contributed by atoms with Crippen molar-refractivity contribution in [2.45, 2.75) is 32.7 Å². The summed E-state index contributed by atoms with van der Waals surface area (Å²) in [7, 11) is 0. The van der Waals surface area contributed by atoms with Gasteiger partial charge in [0, 0.05) is 24.3 Å². The maximum atomic E-state index is 12.2. The molecule has 1 aromatic carbocycles. The Hall–Kier alpha value is -1.88. The molecule has 1 heterocycles. The number of likely N-dealkylation sites (tertiary alicyclic amines) is 1. The molecule has 1 unspecified atom stereocenters. The number of nitrogens with one attached hydrogen (secondary N) is 1. The Morgan fingerprint density at radius 3 is 2.24 bits per heavy atom. The van der Waals surface area contributed by atoms with E-state index < -0.39 is 6.04 Å². The van der Waals surface area contributed by atoms with Gasteiger partial charge >= 0.3 is 0 Å². The normalized spacial score (nSPS) is 16.1. The zero-order valence-electron chi connectivity index (χ0n) is 12.6. The Bertz CT molecular complexity index is 505. The predicted octanol–water partition coefficient (Wildman–Crippen LogP) is 1.84. The van der Waals surface area contributed by atoms with Gasteiger partial charge in [-0.1, -0.05) is 13.8 Å². The van der Waals surface area contributed by atoms with Gasteiger partial charge in [0.1, 0.15) is 0 Å². The molecule has 5 nitrogen and oxygen atoms in total. The van der Waals surface area contributed by atoms with Gasteiger partial charge < -0.3 is 16.0 Å². The van der Waals surface area contributed by atoms with E-state index >= 15 is 0 Å². The molecule has 1 aromatic rings. The van der Waals surface area contributed by atoms with Crippen molar-refractivity contribution in [1.29, 1.82) is 0 Å². The van der Waals surface area contributed by atoms with Crippen molar-refractivity contribution in [2.24, 2.45) is 11.7 Å². The first-order valence-electron chi connectivity index (χ1n) is 7.45. The van der Waals surface area contributed by atoms with Crippen LogP contribution in [0.15, 0.2) is 24.3 Å². The summed E-state index contributed by atoms with van der Waals surface area (Å²) >= 11 is 0. The lowest BCUT2D eigenvalue weighted by molar-refractivity contribution is -0.118. The highest BCUT2D eigenvalue weighted by atomic mass is 16.2. The highest BCUT2D eigenvalue weighted by Gasteiger charge is 2.20. The van der Waals surface area contributed by atoms with E-state index in [4.69, 9.17) is 5.73 Å². The topological polar surface area (TPSA) is 75.4 Å². The first kappa shape index (κ1) is 15.5. The number of hydrogen-bond donors (Lipinski definition) is 2. The number of nitrogens with zero attached hydrogens (tertiary/aromatic N) is 1. The SMILES string of the molecule is CC(C)C(N)C(=O)Nc1ccc(C(=O)N2CCCC2)cc1.